The van der Waals surface area contributed by atoms with Gasteiger partial charge in [0.25, 0.3) is 11.8 Å². The molecule has 1 fully saturated rings. The molecule has 0 spiro atoms. The van der Waals surface area contributed by atoms with Crippen molar-refractivity contribution in [1.82, 2.24) is 10.3 Å². The Bertz CT molecular complexity index is 1200. The molecular formula is C25H23Cl2N3O4. The molecule has 0 bridgehead atoms. The zero-order valence-corrected chi connectivity index (χ0v) is 20.4. The number of fused-ring (bicyclic) bond motifs is 1. The van der Waals surface area contributed by atoms with Gasteiger partial charge in [-0.2, -0.15) is 5.10 Å². The number of halogens is 2. The van der Waals surface area contributed by atoms with Crippen molar-refractivity contribution in [2.24, 2.45) is 22.4 Å². The molecule has 1 aliphatic heterocycles. The van der Waals surface area contributed by atoms with Crippen molar-refractivity contribution in [3.63, 3.8) is 0 Å². The van der Waals surface area contributed by atoms with Gasteiger partial charge in [0.1, 0.15) is 10.2 Å². The summed E-state index contributed by atoms with van der Waals surface area (Å²) in [6, 6.07) is 12.0. The number of nitrogens with zero attached hydrogens (tertiary/aromatic N) is 2. The Balaban J connectivity index is 1.47. The van der Waals surface area contributed by atoms with Crippen LogP contribution in [-0.4, -0.2) is 35.9 Å². The number of amides is 3. The van der Waals surface area contributed by atoms with Crippen LogP contribution in [0.3, 0.4) is 0 Å². The highest BCUT2D eigenvalue weighted by Gasteiger charge is 2.60. The summed E-state index contributed by atoms with van der Waals surface area (Å²) in [5.74, 6) is -0.720. The third-order valence-electron chi connectivity index (χ3n) is 6.40. The van der Waals surface area contributed by atoms with E-state index in [-0.39, 0.29) is 46.0 Å². The Kier molecular flexibility index (Phi) is 6.51. The van der Waals surface area contributed by atoms with Crippen molar-refractivity contribution in [3.05, 3.63) is 75.3 Å². The van der Waals surface area contributed by atoms with Gasteiger partial charge in [-0.05, 0) is 53.3 Å². The maximum atomic E-state index is 12.7. The molecule has 0 saturated heterocycles. The van der Waals surface area contributed by atoms with E-state index in [9.17, 15) is 14.4 Å². The molecule has 2 aromatic carbocycles. The second-order valence-electron chi connectivity index (χ2n) is 8.83. The third-order valence-corrected chi connectivity index (χ3v) is 6.65. The van der Waals surface area contributed by atoms with Crippen molar-refractivity contribution in [3.8, 4) is 5.75 Å². The number of carbonyl (C=O) groups excluding carboxylic acids is 3. The van der Waals surface area contributed by atoms with Crippen molar-refractivity contribution in [2.45, 2.75) is 20.4 Å². The number of imide groups is 1. The predicted molar refractivity (Wildman–Crippen MR) is 130 cm³/mol. The lowest BCUT2D eigenvalue weighted by molar-refractivity contribution is -0.123. The second-order valence-corrected chi connectivity index (χ2v) is 9.84. The summed E-state index contributed by atoms with van der Waals surface area (Å²) in [5.41, 5.74) is 4.39. The Hall–Kier alpha value is -3.16. The number of hydrogen-bond acceptors (Lipinski definition) is 5. The summed E-state index contributed by atoms with van der Waals surface area (Å²) in [4.78, 5) is 39.2. The maximum Gasteiger partial charge on any atom is 0.261 e. The van der Waals surface area contributed by atoms with Crippen LogP contribution in [0.2, 0.25) is 0 Å². The highest BCUT2D eigenvalue weighted by atomic mass is 35.5. The molecule has 176 valence electrons. The van der Waals surface area contributed by atoms with Crippen LogP contribution < -0.4 is 10.2 Å². The molecule has 1 N–H and O–H groups in total. The van der Waals surface area contributed by atoms with Crippen LogP contribution in [0.5, 0.6) is 5.75 Å². The molecule has 4 rings (SSSR count). The number of ether oxygens (including phenoxy) is 1. The smallest absolute Gasteiger partial charge is 0.261 e. The Labute approximate surface area is 207 Å². The SMILES string of the molecule is COc1ccc(/C=N\NC(=O)[C@H]2[C@@H](C=C(Cl)Cl)C2(C)C)cc1CN1C(=O)c2ccccc2C1=O. The quantitative estimate of drug-likeness (QED) is 0.344. The molecule has 0 unspecified atom stereocenters. The molecule has 1 saturated carbocycles. The van der Waals surface area contributed by atoms with E-state index in [1.165, 1.54) is 18.2 Å². The average molecular weight is 500 g/mol. The first kappa shape index (κ1) is 24.0. The van der Waals surface area contributed by atoms with Gasteiger partial charge >= 0.3 is 0 Å². The van der Waals surface area contributed by atoms with E-state index in [1.54, 1.807) is 48.5 Å². The largest absolute Gasteiger partial charge is 0.496 e. The summed E-state index contributed by atoms with van der Waals surface area (Å²) < 4.78 is 5.56. The lowest BCUT2D eigenvalue weighted by atomic mass is 10.1. The molecule has 7 nitrogen and oxygen atoms in total. The van der Waals surface area contributed by atoms with Gasteiger partial charge in [0.05, 0.1) is 36.9 Å². The zero-order valence-electron chi connectivity index (χ0n) is 18.8. The lowest BCUT2D eigenvalue weighted by Crippen LogP contribution is -2.29. The molecular weight excluding hydrogens is 477 g/mol. The number of hydrazone groups is 1. The van der Waals surface area contributed by atoms with Crippen LogP contribution in [0, 0.1) is 17.3 Å². The summed E-state index contributed by atoms with van der Waals surface area (Å²) in [6.45, 7) is 3.98. The number of hydrogen-bond donors (Lipinski definition) is 1. The van der Waals surface area contributed by atoms with E-state index in [2.05, 4.69) is 10.5 Å². The number of benzene rings is 2. The fourth-order valence-electron chi connectivity index (χ4n) is 4.42. The first-order chi connectivity index (χ1) is 16.1. The van der Waals surface area contributed by atoms with Crippen LogP contribution in [0.4, 0.5) is 0 Å². The van der Waals surface area contributed by atoms with E-state index < -0.39 is 0 Å². The molecule has 1 aliphatic carbocycles. The van der Waals surface area contributed by atoms with Crippen molar-refractivity contribution < 1.29 is 19.1 Å². The normalized spacial score (nSPS) is 20.3. The first-order valence-corrected chi connectivity index (χ1v) is 11.4. The minimum atomic E-state index is -0.346. The highest BCUT2D eigenvalue weighted by Crippen LogP contribution is 2.59. The molecule has 9 heteroatoms. The lowest BCUT2D eigenvalue weighted by Gasteiger charge is -2.16. The van der Waals surface area contributed by atoms with Gasteiger partial charge in [0, 0.05) is 5.56 Å². The number of nitrogens with one attached hydrogen (secondary N) is 1. The van der Waals surface area contributed by atoms with E-state index in [4.69, 9.17) is 27.9 Å². The molecule has 34 heavy (non-hydrogen) atoms. The second kappa shape index (κ2) is 9.24. The van der Waals surface area contributed by atoms with Crippen LogP contribution in [-0.2, 0) is 11.3 Å². The average Bonchev–Trinajstić information content (AvgIpc) is 3.25. The third kappa shape index (κ3) is 4.45. The summed E-state index contributed by atoms with van der Waals surface area (Å²) >= 11 is 11.5. The Morgan fingerprint density at radius 2 is 1.79 bits per heavy atom. The molecule has 0 radical (unpaired) electrons. The fourth-order valence-corrected chi connectivity index (χ4v) is 4.69. The minimum absolute atomic E-state index is 0.0486. The van der Waals surface area contributed by atoms with Crippen LogP contribution in [0.25, 0.3) is 0 Å². The number of rotatable bonds is 7. The van der Waals surface area contributed by atoms with Gasteiger partial charge in [-0.25, -0.2) is 5.43 Å². The minimum Gasteiger partial charge on any atom is -0.496 e. The molecule has 0 aromatic heterocycles. The van der Waals surface area contributed by atoms with E-state index in [1.807, 2.05) is 13.8 Å². The molecule has 1 heterocycles. The maximum absolute atomic E-state index is 12.7. The van der Waals surface area contributed by atoms with Crippen LogP contribution in [0.1, 0.15) is 45.7 Å². The van der Waals surface area contributed by atoms with Gasteiger partial charge in [-0.1, -0.05) is 49.2 Å². The highest BCUT2D eigenvalue weighted by molar-refractivity contribution is 6.55. The van der Waals surface area contributed by atoms with E-state index >= 15 is 0 Å². The van der Waals surface area contributed by atoms with Gasteiger partial charge in [-0.3, -0.25) is 19.3 Å². The van der Waals surface area contributed by atoms with E-state index in [0.29, 0.717) is 28.0 Å². The zero-order chi connectivity index (χ0) is 24.6. The van der Waals surface area contributed by atoms with Crippen molar-refractivity contribution >= 4 is 47.1 Å². The monoisotopic (exact) mass is 499 g/mol. The first-order valence-electron chi connectivity index (χ1n) is 10.6. The van der Waals surface area contributed by atoms with Gasteiger partial charge in [0.15, 0.2) is 0 Å². The van der Waals surface area contributed by atoms with Gasteiger partial charge in [-0.15, -0.1) is 0 Å². The molecule has 2 aliphatic rings. The number of carbonyl (C=O) groups is 3. The Morgan fingerprint density at radius 3 is 2.38 bits per heavy atom. The number of allylic oxidation sites excluding steroid dienone is 1. The fraction of sp³-hybridized carbons (Fsp3) is 0.280. The topological polar surface area (TPSA) is 88.1 Å². The summed E-state index contributed by atoms with van der Waals surface area (Å²) in [7, 11) is 1.52. The summed E-state index contributed by atoms with van der Waals surface area (Å²) in [6.07, 6.45) is 3.17. The molecule has 3 amide bonds. The molecule has 2 atom stereocenters. The molecule has 2 aromatic rings. The van der Waals surface area contributed by atoms with Gasteiger partial charge in [0.2, 0.25) is 5.91 Å². The summed E-state index contributed by atoms with van der Waals surface area (Å²) in [5, 5.41) is 4.07. The predicted octanol–water partition coefficient (Wildman–Crippen LogP) is 4.53. The standard InChI is InChI=1S/C25H23Cl2N3O4/c1-25(2)18(11-20(26)27)21(25)22(31)29-28-12-14-8-9-19(34-3)15(10-14)13-30-23(32)16-6-4-5-7-17(16)24(30)33/h4-12,18,21H,13H2,1-3H3,(H,29,31)/b28-12-/t18-,21-/m1/s1. The van der Waals surface area contributed by atoms with Crippen LogP contribution >= 0.6 is 23.2 Å². The van der Waals surface area contributed by atoms with Crippen LogP contribution in [0.15, 0.2) is 58.1 Å². The Morgan fingerprint density at radius 1 is 1.15 bits per heavy atom. The van der Waals surface area contributed by atoms with E-state index in [0.717, 1.165) is 0 Å². The number of methoxy groups -OCH3 is 1. The van der Waals surface area contributed by atoms with Gasteiger partial charge < -0.3 is 4.74 Å². The van der Waals surface area contributed by atoms with Crippen molar-refractivity contribution in [2.75, 3.05) is 7.11 Å². The van der Waals surface area contributed by atoms with Crippen molar-refractivity contribution in [1.29, 1.82) is 0 Å².